The fourth-order valence-corrected chi connectivity index (χ4v) is 5.22. The lowest BCUT2D eigenvalue weighted by atomic mass is 9.80. The van der Waals surface area contributed by atoms with E-state index in [0.717, 1.165) is 5.56 Å². The number of carbonyl (C=O) groups is 2. The molecule has 2 aromatic carbocycles. The number of esters is 2. The summed E-state index contributed by atoms with van der Waals surface area (Å²) in [7, 11) is 0. The summed E-state index contributed by atoms with van der Waals surface area (Å²) in [6.45, 7) is 4.50. The van der Waals surface area contributed by atoms with Gasteiger partial charge in [-0.1, -0.05) is 12.1 Å². The molecule has 2 N–H and O–H groups in total. The minimum Gasteiger partial charge on any atom is -0.463 e. The first kappa shape index (κ1) is 28.8. The zero-order valence-corrected chi connectivity index (χ0v) is 23.2. The monoisotopic (exact) mass is 569 g/mol. The smallest absolute Gasteiger partial charge is 0.387 e. The van der Waals surface area contributed by atoms with E-state index in [9.17, 15) is 18.4 Å². The van der Waals surface area contributed by atoms with E-state index < -0.39 is 24.5 Å². The highest BCUT2D eigenvalue weighted by molar-refractivity contribution is 7.14. The number of rotatable bonds is 10. The molecule has 4 rings (SSSR count). The van der Waals surface area contributed by atoms with Crippen LogP contribution in [0.5, 0.6) is 5.75 Å². The Bertz CT molecular complexity index is 1410. The molecule has 0 saturated heterocycles. The Kier molecular flexibility index (Phi) is 9.15. The van der Waals surface area contributed by atoms with E-state index in [1.807, 2.05) is 29.6 Å². The second kappa shape index (κ2) is 12.7. The molecular weight excluding hydrogens is 540 g/mol. The molecule has 8 nitrogen and oxygen atoms in total. The van der Waals surface area contributed by atoms with Crippen molar-refractivity contribution >= 4 is 34.1 Å². The molecule has 0 atom stereocenters. The summed E-state index contributed by atoms with van der Waals surface area (Å²) in [6.07, 6.45) is 0. The number of carbonyl (C=O) groups excluding carboxylic acids is 2. The Morgan fingerprint density at radius 1 is 1.00 bits per heavy atom. The Labute approximate surface area is 234 Å². The van der Waals surface area contributed by atoms with Gasteiger partial charge >= 0.3 is 18.6 Å². The Hall–Kier alpha value is -4.25. The van der Waals surface area contributed by atoms with Gasteiger partial charge in [-0.15, -0.1) is 11.3 Å². The van der Waals surface area contributed by atoms with Gasteiger partial charge in [0.15, 0.2) is 5.13 Å². The zero-order valence-electron chi connectivity index (χ0n) is 22.4. The molecule has 0 spiro atoms. The van der Waals surface area contributed by atoms with Crippen LogP contribution in [-0.2, 0) is 19.1 Å². The number of thiazole rings is 1. The fraction of sp³-hybridized carbons (Fsp3) is 0.276. The van der Waals surface area contributed by atoms with Gasteiger partial charge in [-0.05, 0) is 69.7 Å². The standard InChI is InChI=1S/C29H29F2N3O5S/c1-5-37-26(35)23-16(3)32-17(4)24(27(36)38-6-2)25(23)19-8-7-9-20(14-19)33-29-34-22(15-40-29)18-10-12-21(13-11-18)39-28(30)31/h7-15,25,28,32H,5-6H2,1-4H3,(H,33,34). The number of nitrogens with zero attached hydrogens (tertiary/aromatic N) is 1. The molecule has 210 valence electrons. The van der Waals surface area contributed by atoms with Gasteiger partial charge in [0.1, 0.15) is 5.75 Å². The normalized spacial score (nSPS) is 13.8. The van der Waals surface area contributed by atoms with Crippen LogP contribution in [0, 0.1) is 0 Å². The van der Waals surface area contributed by atoms with E-state index in [-0.39, 0.29) is 19.0 Å². The molecule has 1 aliphatic rings. The summed E-state index contributed by atoms with van der Waals surface area (Å²) < 4.78 is 40.0. The van der Waals surface area contributed by atoms with Crippen LogP contribution in [0.15, 0.2) is 76.5 Å². The summed E-state index contributed by atoms with van der Waals surface area (Å²) in [5.74, 6) is -1.67. The van der Waals surface area contributed by atoms with E-state index in [2.05, 4.69) is 20.4 Å². The van der Waals surface area contributed by atoms with Crippen LogP contribution in [0.25, 0.3) is 11.3 Å². The zero-order chi connectivity index (χ0) is 28.8. The number of halogens is 2. The maximum atomic E-state index is 13.0. The maximum Gasteiger partial charge on any atom is 0.387 e. The van der Waals surface area contributed by atoms with Gasteiger partial charge in [0, 0.05) is 28.0 Å². The van der Waals surface area contributed by atoms with Crippen molar-refractivity contribution < 1.29 is 32.6 Å². The van der Waals surface area contributed by atoms with Gasteiger partial charge in [-0.25, -0.2) is 14.6 Å². The summed E-state index contributed by atoms with van der Waals surface area (Å²) in [5.41, 5.74) is 4.67. The Morgan fingerprint density at radius 2 is 1.62 bits per heavy atom. The quantitative estimate of drug-likeness (QED) is 0.267. The summed E-state index contributed by atoms with van der Waals surface area (Å²) in [5, 5.41) is 8.85. The van der Waals surface area contributed by atoms with Crippen molar-refractivity contribution in [3.63, 3.8) is 0 Å². The molecule has 0 bridgehead atoms. The highest BCUT2D eigenvalue weighted by Gasteiger charge is 2.38. The molecule has 1 aromatic heterocycles. The number of hydrogen-bond acceptors (Lipinski definition) is 9. The van der Waals surface area contributed by atoms with Crippen LogP contribution in [0.2, 0.25) is 0 Å². The lowest BCUT2D eigenvalue weighted by Crippen LogP contribution is -2.32. The fourth-order valence-electron chi connectivity index (χ4n) is 4.48. The van der Waals surface area contributed by atoms with E-state index in [1.54, 1.807) is 39.8 Å². The predicted octanol–water partition coefficient (Wildman–Crippen LogP) is 6.52. The van der Waals surface area contributed by atoms with Crippen LogP contribution in [0.3, 0.4) is 0 Å². The molecule has 3 aromatic rings. The van der Waals surface area contributed by atoms with E-state index in [1.165, 1.54) is 23.5 Å². The predicted molar refractivity (Wildman–Crippen MR) is 148 cm³/mol. The van der Waals surface area contributed by atoms with Gasteiger partial charge in [-0.2, -0.15) is 8.78 Å². The largest absolute Gasteiger partial charge is 0.463 e. The molecule has 2 heterocycles. The number of anilines is 2. The van der Waals surface area contributed by atoms with Crippen LogP contribution >= 0.6 is 11.3 Å². The Balaban J connectivity index is 1.64. The highest BCUT2D eigenvalue weighted by Crippen LogP contribution is 2.40. The van der Waals surface area contributed by atoms with E-state index in [0.29, 0.717) is 44.6 Å². The van der Waals surface area contributed by atoms with Gasteiger partial charge in [0.25, 0.3) is 0 Å². The third kappa shape index (κ3) is 6.48. The minimum absolute atomic E-state index is 0.0694. The number of alkyl halides is 2. The third-order valence-electron chi connectivity index (χ3n) is 6.10. The van der Waals surface area contributed by atoms with Crippen LogP contribution in [0.1, 0.15) is 39.2 Å². The molecule has 11 heteroatoms. The summed E-state index contributed by atoms with van der Waals surface area (Å²) in [4.78, 5) is 30.7. The lowest BCUT2D eigenvalue weighted by Gasteiger charge is -2.30. The maximum absolute atomic E-state index is 13.0. The molecule has 0 saturated carbocycles. The second-order valence-corrected chi connectivity index (χ2v) is 9.63. The Morgan fingerprint density at radius 3 is 2.20 bits per heavy atom. The molecule has 1 aliphatic heterocycles. The molecule has 0 aliphatic carbocycles. The average Bonchev–Trinajstić information content (AvgIpc) is 3.37. The van der Waals surface area contributed by atoms with Crippen molar-refractivity contribution in [2.75, 3.05) is 18.5 Å². The molecule has 0 fully saturated rings. The lowest BCUT2D eigenvalue weighted by molar-refractivity contribution is -0.139. The molecule has 0 amide bonds. The highest BCUT2D eigenvalue weighted by atomic mass is 32.1. The summed E-state index contributed by atoms with van der Waals surface area (Å²) >= 11 is 1.37. The van der Waals surface area contributed by atoms with Crippen molar-refractivity contribution in [1.82, 2.24) is 10.3 Å². The van der Waals surface area contributed by atoms with Crippen LogP contribution < -0.4 is 15.4 Å². The molecular formula is C29H29F2N3O5S. The average molecular weight is 570 g/mol. The first-order valence-electron chi connectivity index (χ1n) is 12.6. The van der Waals surface area contributed by atoms with Gasteiger partial charge in [-0.3, -0.25) is 0 Å². The number of benzene rings is 2. The van der Waals surface area contributed by atoms with Gasteiger partial charge in [0.2, 0.25) is 0 Å². The van der Waals surface area contributed by atoms with Crippen LogP contribution in [-0.4, -0.2) is 36.7 Å². The van der Waals surface area contributed by atoms with Gasteiger partial charge < -0.3 is 24.8 Å². The van der Waals surface area contributed by atoms with Crippen LogP contribution in [0.4, 0.5) is 19.6 Å². The topological polar surface area (TPSA) is 98.8 Å². The SMILES string of the molecule is CCOC(=O)C1=C(C)NC(C)=C(C(=O)OCC)C1c1cccc(Nc2nc(-c3ccc(OC(F)F)cc3)cs2)c1. The van der Waals surface area contributed by atoms with E-state index >= 15 is 0 Å². The van der Waals surface area contributed by atoms with Crippen molar-refractivity contribution in [2.24, 2.45) is 0 Å². The number of aromatic nitrogens is 1. The number of dihydropyridines is 1. The molecule has 40 heavy (non-hydrogen) atoms. The van der Waals surface area contributed by atoms with Crippen molar-refractivity contribution in [3.8, 4) is 17.0 Å². The number of nitrogens with one attached hydrogen (secondary N) is 2. The second-order valence-electron chi connectivity index (χ2n) is 8.77. The van der Waals surface area contributed by atoms with E-state index in [4.69, 9.17) is 9.47 Å². The summed E-state index contributed by atoms with van der Waals surface area (Å²) in [6, 6.07) is 13.6. The molecule has 0 unspecified atom stereocenters. The third-order valence-corrected chi connectivity index (χ3v) is 6.86. The minimum atomic E-state index is -2.89. The number of allylic oxidation sites excluding steroid dienone is 2. The molecule has 0 radical (unpaired) electrons. The van der Waals surface area contributed by atoms with Crippen molar-refractivity contribution in [3.05, 3.63) is 82.0 Å². The first-order chi connectivity index (χ1) is 19.2. The first-order valence-corrected chi connectivity index (χ1v) is 13.5. The van der Waals surface area contributed by atoms with Crippen molar-refractivity contribution in [1.29, 1.82) is 0 Å². The number of ether oxygens (including phenoxy) is 3. The number of hydrogen-bond donors (Lipinski definition) is 2. The van der Waals surface area contributed by atoms with Crippen molar-refractivity contribution in [2.45, 2.75) is 40.2 Å². The van der Waals surface area contributed by atoms with Gasteiger partial charge in [0.05, 0.1) is 36.0 Å².